The van der Waals surface area contributed by atoms with Crippen LogP contribution in [0.2, 0.25) is 0 Å². The maximum absolute atomic E-state index is 13.5. The van der Waals surface area contributed by atoms with Gasteiger partial charge in [0.2, 0.25) is 18.6 Å². The number of benzene rings is 1. The van der Waals surface area contributed by atoms with Crippen molar-refractivity contribution in [1.29, 1.82) is 0 Å². The van der Waals surface area contributed by atoms with Crippen LogP contribution < -0.4 is 14.8 Å². The van der Waals surface area contributed by atoms with E-state index >= 15 is 0 Å². The van der Waals surface area contributed by atoms with E-state index in [0.717, 1.165) is 32.4 Å². The van der Waals surface area contributed by atoms with Crippen molar-refractivity contribution in [1.82, 2.24) is 15.1 Å². The predicted molar refractivity (Wildman–Crippen MR) is 128 cm³/mol. The van der Waals surface area contributed by atoms with Gasteiger partial charge in [0.15, 0.2) is 11.5 Å². The largest absolute Gasteiger partial charge is 0.454 e. The molecule has 1 aromatic carbocycles. The fourth-order valence-corrected chi connectivity index (χ4v) is 5.00. The van der Waals surface area contributed by atoms with Crippen LogP contribution in [-0.4, -0.2) is 66.5 Å². The van der Waals surface area contributed by atoms with Gasteiger partial charge in [0.1, 0.15) is 6.04 Å². The molecule has 1 atom stereocenters. The Morgan fingerprint density at radius 2 is 1.65 bits per heavy atom. The number of hydrogen-bond acceptors (Lipinski definition) is 5. The Morgan fingerprint density at radius 1 is 0.971 bits per heavy atom. The number of ether oxygens (including phenoxy) is 2. The summed E-state index contributed by atoms with van der Waals surface area (Å²) in [5.74, 6) is 1.01. The first-order valence-electron chi connectivity index (χ1n) is 12.5. The summed E-state index contributed by atoms with van der Waals surface area (Å²) in [6.07, 6.45) is 5.02. The van der Waals surface area contributed by atoms with Gasteiger partial charge in [-0.25, -0.2) is 0 Å². The van der Waals surface area contributed by atoms with Crippen molar-refractivity contribution in [2.45, 2.75) is 65.3 Å². The molecule has 3 amide bonds. The monoisotopic (exact) mass is 471 g/mol. The van der Waals surface area contributed by atoms with E-state index in [2.05, 4.69) is 26.1 Å². The molecule has 8 nitrogen and oxygen atoms in total. The van der Waals surface area contributed by atoms with Crippen molar-refractivity contribution < 1.29 is 23.9 Å². The molecule has 0 bridgehead atoms. The summed E-state index contributed by atoms with van der Waals surface area (Å²) < 4.78 is 10.7. The van der Waals surface area contributed by atoms with Gasteiger partial charge in [-0.15, -0.1) is 0 Å². The molecule has 0 unspecified atom stereocenters. The van der Waals surface area contributed by atoms with E-state index in [9.17, 15) is 14.4 Å². The zero-order chi connectivity index (χ0) is 24.3. The SMILES string of the molecule is CC(C)(C)CC(=O)N1CCC([C@@H](NC(=O)c2ccc3c(c2)OCO3)C(=O)N2CCCCC2)CC1. The number of likely N-dealkylation sites (tertiary alicyclic amines) is 2. The lowest BCUT2D eigenvalue weighted by Crippen LogP contribution is -2.55. The first kappa shape index (κ1) is 24.4. The Kier molecular flexibility index (Phi) is 7.33. The number of hydrogen-bond donors (Lipinski definition) is 1. The van der Waals surface area contributed by atoms with E-state index in [1.807, 2.05) is 9.80 Å². The molecule has 3 aliphatic rings. The highest BCUT2D eigenvalue weighted by Gasteiger charge is 2.37. The van der Waals surface area contributed by atoms with Gasteiger partial charge in [-0.1, -0.05) is 20.8 Å². The van der Waals surface area contributed by atoms with E-state index in [0.29, 0.717) is 49.4 Å². The molecule has 0 saturated carbocycles. The van der Waals surface area contributed by atoms with Gasteiger partial charge in [0.05, 0.1) is 0 Å². The lowest BCUT2D eigenvalue weighted by Gasteiger charge is -2.39. The van der Waals surface area contributed by atoms with Gasteiger partial charge in [-0.3, -0.25) is 14.4 Å². The van der Waals surface area contributed by atoms with Crippen molar-refractivity contribution in [2.75, 3.05) is 33.0 Å². The maximum atomic E-state index is 13.5. The molecule has 2 saturated heterocycles. The number of nitrogens with one attached hydrogen (secondary N) is 1. The van der Waals surface area contributed by atoms with E-state index in [1.54, 1.807) is 18.2 Å². The van der Waals surface area contributed by atoms with Crippen molar-refractivity contribution in [2.24, 2.45) is 11.3 Å². The lowest BCUT2D eigenvalue weighted by atomic mass is 9.86. The van der Waals surface area contributed by atoms with Crippen LogP contribution in [-0.2, 0) is 9.59 Å². The van der Waals surface area contributed by atoms with Gasteiger partial charge >= 0.3 is 0 Å². The zero-order valence-corrected chi connectivity index (χ0v) is 20.6. The van der Waals surface area contributed by atoms with Crippen LogP contribution in [0.5, 0.6) is 11.5 Å². The predicted octanol–water partition coefficient (Wildman–Crippen LogP) is 3.20. The number of amides is 3. The fourth-order valence-electron chi connectivity index (χ4n) is 5.00. The number of carbonyl (C=O) groups is 3. The smallest absolute Gasteiger partial charge is 0.252 e. The summed E-state index contributed by atoms with van der Waals surface area (Å²) in [4.78, 5) is 43.2. The number of rotatable bonds is 5. The Hall–Kier alpha value is -2.77. The van der Waals surface area contributed by atoms with Crippen LogP contribution in [0.1, 0.15) is 69.7 Å². The van der Waals surface area contributed by atoms with E-state index in [-0.39, 0.29) is 35.8 Å². The standard InChI is InChI=1S/C26H37N3O5/c1-26(2,3)16-22(30)28-13-9-18(10-14-28)23(25(32)29-11-5-4-6-12-29)27-24(31)19-7-8-20-21(15-19)34-17-33-20/h7-8,15,18,23H,4-6,9-14,16-17H2,1-3H3,(H,27,31)/t23-/m1/s1. The number of carbonyl (C=O) groups excluding carboxylic acids is 3. The van der Waals surface area contributed by atoms with Gasteiger partial charge in [0.25, 0.3) is 5.91 Å². The third-order valence-corrected chi connectivity index (χ3v) is 6.90. The molecule has 0 aliphatic carbocycles. The minimum absolute atomic E-state index is 0.00624. The maximum Gasteiger partial charge on any atom is 0.252 e. The second-order valence-corrected chi connectivity index (χ2v) is 10.9. The Balaban J connectivity index is 1.45. The molecule has 3 heterocycles. The lowest BCUT2D eigenvalue weighted by molar-refractivity contribution is -0.137. The first-order valence-corrected chi connectivity index (χ1v) is 12.5. The van der Waals surface area contributed by atoms with Crippen LogP contribution in [0, 0.1) is 11.3 Å². The summed E-state index contributed by atoms with van der Waals surface area (Å²) >= 11 is 0. The van der Waals surface area contributed by atoms with Crippen LogP contribution in [0.3, 0.4) is 0 Å². The molecule has 4 rings (SSSR count). The Labute approximate surface area is 201 Å². The van der Waals surface area contributed by atoms with Gasteiger partial charge in [-0.2, -0.15) is 0 Å². The number of nitrogens with zero attached hydrogens (tertiary/aromatic N) is 2. The average molecular weight is 472 g/mol. The topological polar surface area (TPSA) is 88.2 Å². The first-order chi connectivity index (χ1) is 16.2. The van der Waals surface area contributed by atoms with Crippen molar-refractivity contribution in [3.63, 3.8) is 0 Å². The minimum atomic E-state index is -0.601. The van der Waals surface area contributed by atoms with Crippen LogP contribution in [0.4, 0.5) is 0 Å². The average Bonchev–Trinajstić information content (AvgIpc) is 3.29. The third kappa shape index (κ3) is 5.83. The normalized spacial score (nSPS) is 19.6. The molecule has 0 radical (unpaired) electrons. The summed E-state index contributed by atoms with van der Waals surface area (Å²) in [6, 6.07) is 4.47. The highest BCUT2D eigenvalue weighted by Crippen LogP contribution is 2.33. The van der Waals surface area contributed by atoms with E-state index in [1.165, 1.54) is 0 Å². The number of piperidine rings is 2. The van der Waals surface area contributed by atoms with Crippen molar-refractivity contribution in [3.05, 3.63) is 23.8 Å². The zero-order valence-electron chi connectivity index (χ0n) is 20.6. The summed E-state index contributed by atoms with van der Waals surface area (Å²) in [6.45, 7) is 9.04. The summed E-state index contributed by atoms with van der Waals surface area (Å²) in [5.41, 5.74) is 0.387. The van der Waals surface area contributed by atoms with Crippen LogP contribution >= 0.6 is 0 Å². The molecule has 8 heteroatoms. The van der Waals surface area contributed by atoms with Crippen molar-refractivity contribution >= 4 is 17.7 Å². The van der Waals surface area contributed by atoms with E-state index in [4.69, 9.17) is 9.47 Å². The molecule has 186 valence electrons. The summed E-state index contributed by atoms with van der Waals surface area (Å²) in [5, 5.41) is 3.04. The summed E-state index contributed by atoms with van der Waals surface area (Å²) in [7, 11) is 0. The number of fused-ring (bicyclic) bond motifs is 1. The quantitative estimate of drug-likeness (QED) is 0.713. The fraction of sp³-hybridized carbons (Fsp3) is 0.654. The minimum Gasteiger partial charge on any atom is -0.454 e. The molecule has 1 aromatic rings. The van der Waals surface area contributed by atoms with Crippen LogP contribution in [0.15, 0.2) is 18.2 Å². The molecular weight excluding hydrogens is 434 g/mol. The third-order valence-electron chi connectivity index (χ3n) is 6.90. The molecule has 1 N–H and O–H groups in total. The highest BCUT2D eigenvalue weighted by molar-refractivity contribution is 5.98. The van der Waals surface area contributed by atoms with Crippen LogP contribution in [0.25, 0.3) is 0 Å². The molecule has 34 heavy (non-hydrogen) atoms. The molecule has 0 spiro atoms. The Bertz CT molecular complexity index is 912. The highest BCUT2D eigenvalue weighted by atomic mass is 16.7. The molecule has 0 aromatic heterocycles. The second-order valence-electron chi connectivity index (χ2n) is 10.9. The molecular formula is C26H37N3O5. The van der Waals surface area contributed by atoms with Gasteiger partial charge in [0, 0.05) is 38.2 Å². The van der Waals surface area contributed by atoms with Crippen molar-refractivity contribution in [3.8, 4) is 11.5 Å². The second kappa shape index (κ2) is 10.2. The Morgan fingerprint density at radius 3 is 2.32 bits per heavy atom. The molecule has 2 fully saturated rings. The molecule has 3 aliphatic heterocycles. The van der Waals surface area contributed by atoms with Gasteiger partial charge < -0.3 is 24.6 Å². The van der Waals surface area contributed by atoms with Gasteiger partial charge in [-0.05, 0) is 61.6 Å². The van der Waals surface area contributed by atoms with E-state index < -0.39 is 6.04 Å².